The van der Waals surface area contributed by atoms with Crippen molar-refractivity contribution in [3.63, 3.8) is 0 Å². The zero-order chi connectivity index (χ0) is 18.6. The molecule has 4 rings (SSSR count). The smallest absolute Gasteiger partial charge is 0.247 e. The molecule has 2 aromatic heterocycles. The van der Waals surface area contributed by atoms with Crippen molar-refractivity contribution in [1.82, 2.24) is 20.2 Å². The summed E-state index contributed by atoms with van der Waals surface area (Å²) in [6.45, 7) is 7.65. The molecule has 0 radical (unpaired) electrons. The van der Waals surface area contributed by atoms with Crippen molar-refractivity contribution in [3.05, 3.63) is 59.9 Å². The number of nitrogens with zero attached hydrogens (tertiary/aromatic N) is 6. The van der Waals surface area contributed by atoms with Crippen LogP contribution in [0.5, 0.6) is 0 Å². The Labute approximate surface area is 159 Å². The molecule has 1 aromatic carbocycles. The minimum absolute atomic E-state index is 0.657. The first-order valence-electron chi connectivity index (χ1n) is 9.14. The zero-order valence-electron chi connectivity index (χ0n) is 15.6. The first kappa shape index (κ1) is 17.2. The van der Waals surface area contributed by atoms with E-state index < -0.39 is 0 Å². The summed E-state index contributed by atoms with van der Waals surface area (Å²) in [5.41, 5.74) is 3.52. The van der Waals surface area contributed by atoms with Gasteiger partial charge in [-0.3, -0.25) is 0 Å². The molecule has 1 aliphatic heterocycles. The van der Waals surface area contributed by atoms with E-state index in [1.165, 1.54) is 11.1 Å². The normalized spacial score (nSPS) is 14.3. The highest BCUT2D eigenvalue weighted by Gasteiger charge is 2.20. The van der Waals surface area contributed by atoms with Crippen LogP contribution < -0.4 is 15.1 Å². The van der Waals surface area contributed by atoms with E-state index in [1.807, 2.05) is 24.4 Å². The Kier molecular flexibility index (Phi) is 4.82. The largest absolute Gasteiger partial charge is 0.353 e. The van der Waals surface area contributed by atoms with Gasteiger partial charge in [0.05, 0.1) is 6.20 Å². The SMILES string of the molecule is Cc1ccc(Nc2cnnc(N3CCN(c4ccccn4)CC3)n2)cc1C. The van der Waals surface area contributed by atoms with Gasteiger partial charge in [-0.2, -0.15) is 10.1 Å². The van der Waals surface area contributed by atoms with Crippen LogP contribution >= 0.6 is 0 Å². The van der Waals surface area contributed by atoms with Gasteiger partial charge in [-0.15, -0.1) is 5.10 Å². The molecule has 1 saturated heterocycles. The lowest BCUT2D eigenvalue weighted by molar-refractivity contribution is 0.630. The number of hydrogen-bond acceptors (Lipinski definition) is 7. The van der Waals surface area contributed by atoms with Crippen LogP contribution in [-0.2, 0) is 0 Å². The highest BCUT2D eigenvalue weighted by atomic mass is 15.4. The number of pyridine rings is 1. The third-order valence-electron chi connectivity index (χ3n) is 4.86. The summed E-state index contributed by atoms with van der Waals surface area (Å²) in [7, 11) is 0. The molecule has 0 atom stereocenters. The zero-order valence-corrected chi connectivity index (χ0v) is 15.6. The molecule has 1 aliphatic rings. The molecule has 0 unspecified atom stereocenters. The molecular formula is C20H23N7. The predicted octanol–water partition coefficient (Wildman–Crippen LogP) is 2.95. The molecule has 0 aliphatic carbocycles. The lowest BCUT2D eigenvalue weighted by Gasteiger charge is -2.35. The van der Waals surface area contributed by atoms with E-state index in [2.05, 4.69) is 67.3 Å². The Bertz CT molecular complexity index is 905. The molecule has 3 heterocycles. The van der Waals surface area contributed by atoms with Gasteiger partial charge in [0.2, 0.25) is 5.95 Å². The first-order chi connectivity index (χ1) is 13.2. The maximum atomic E-state index is 4.65. The average Bonchev–Trinajstić information content (AvgIpc) is 2.72. The van der Waals surface area contributed by atoms with Gasteiger partial charge in [-0.05, 0) is 49.2 Å². The summed E-state index contributed by atoms with van der Waals surface area (Å²) in [4.78, 5) is 13.5. The van der Waals surface area contributed by atoms with Gasteiger partial charge < -0.3 is 15.1 Å². The van der Waals surface area contributed by atoms with Crippen molar-refractivity contribution < 1.29 is 0 Å². The number of hydrogen-bond donors (Lipinski definition) is 1. The van der Waals surface area contributed by atoms with E-state index in [-0.39, 0.29) is 0 Å². The number of aryl methyl sites for hydroxylation is 2. The van der Waals surface area contributed by atoms with Crippen molar-refractivity contribution in [2.75, 3.05) is 41.3 Å². The first-order valence-corrected chi connectivity index (χ1v) is 9.14. The summed E-state index contributed by atoms with van der Waals surface area (Å²) in [6, 6.07) is 12.3. The minimum Gasteiger partial charge on any atom is -0.353 e. The highest BCUT2D eigenvalue weighted by Crippen LogP contribution is 2.20. The van der Waals surface area contributed by atoms with Crippen LogP contribution in [0.25, 0.3) is 0 Å². The van der Waals surface area contributed by atoms with E-state index in [4.69, 9.17) is 0 Å². The van der Waals surface area contributed by atoms with Crippen LogP contribution in [0.15, 0.2) is 48.8 Å². The van der Waals surface area contributed by atoms with E-state index in [1.54, 1.807) is 6.20 Å². The number of piperazine rings is 1. The van der Waals surface area contributed by atoms with Crippen LogP contribution in [0.4, 0.5) is 23.3 Å². The quantitative estimate of drug-likeness (QED) is 0.766. The molecule has 0 bridgehead atoms. The molecule has 0 spiro atoms. The van der Waals surface area contributed by atoms with Crippen molar-refractivity contribution in [2.24, 2.45) is 0 Å². The number of rotatable bonds is 4. The Morgan fingerprint density at radius 3 is 2.48 bits per heavy atom. The maximum Gasteiger partial charge on any atom is 0.247 e. The summed E-state index contributed by atoms with van der Waals surface area (Å²) in [5.74, 6) is 2.38. The van der Waals surface area contributed by atoms with Gasteiger partial charge >= 0.3 is 0 Å². The van der Waals surface area contributed by atoms with Crippen LogP contribution in [0.1, 0.15) is 11.1 Å². The second-order valence-electron chi connectivity index (χ2n) is 6.73. The van der Waals surface area contributed by atoms with Crippen LogP contribution in [0.2, 0.25) is 0 Å². The van der Waals surface area contributed by atoms with Gasteiger partial charge in [0, 0.05) is 38.1 Å². The van der Waals surface area contributed by atoms with Crippen molar-refractivity contribution in [1.29, 1.82) is 0 Å². The predicted molar refractivity (Wildman–Crippen MR) is 108 cm³/mol. The monoisotopic (exact) mass is 361 g/mol. The molecular weight excluding hydrogens is 338 g/mol. The molecule has 138 valence electrons. The fourth-order valence-electron chi connectivity index (χ4n) is 3.13. The second-order valence-corrected chi connectivity index (χ2v) is 6.73. The van der Waals surface area contributed by atoms with E-state index in [0.717, 1.165) is 37.7 Å². The molecule has 7 nitrogen and oxygen atoms in total. The van der Waals surface area contributed by atoms with Crippen LogP contribution in [0, 0.1) is 13.8 Å². The minimum atomic E-state index is 0.657. The third-order valence-corrected chi connectivity index (χ3v) is 4.86. The van der Waals surface area contributed by atoms with E-state index in [0.29, 0.717) is 11.8 Å². The topological polar surface area (TPSA) is 70.1 Å². The van der Waals surface area contributed by atoms with Gasteiger partial charge in [-0.1, -0.05) is 12.1 Å². The van der Waals surface area contributed by atoms with Crippen LogP contribution in [0.3, 0.4) is 0 Å². The molecule has 7 heteroatoms. The van der Waals surface area contributed by atoms with Gasteiger partial charge in [-0.25, -0.2) is 4.98 Å². The van der Waals surface area contributed by atoms with Gasteiger partial charge in [0.25, 0.3) is 0 Å². The van der Waals surface area contributed by atoms with E-state index in [9.17, 15) is 0 Å². The fourth-order valence-corrected chi connectivity index (χ4v) is 3.13. The molecule has 0 amide bonds. The van der Waals surface area contributed by atoms with Crippen molar-refractivity contribution >= 4 is 23.3 Å². The third kappa shape index (κ3) is 3.97. The van der Waals surface area contributed by atoms with Crippen LogP contribution in [-0.4, -0.2) is 46.3 Å². The molecule has 0 saturated carbocycles. The lowest BCUT2D eigenvalue weighted by Crippen LogP contribution is -2.47. The highest BCUT2D eigenvalue weighted by molar-refractivity contribution is 5.58. The number of anilines is 4. The Hall–Kier alpha value is -3.22. The van der Waals surface area contributed by atoms with E-state index >= 15 is 0 Å². The lowest BCUT2D eigenvalue weighted by atomic mass is 10.1. The standard InChI is InChI=1S/C20H23N7/c1-15-6-7-17(13-16(15)2)23-18-14-22-25-20(24-18)27-11-9-26(10-12-27)19-5-3-4-8-21-19/h3-8,13-14H,9-12H2,1-2H3,(H,23,24,25). The summed E-state index contributed by atoms with van der Waals surface area (Å²) in [6.07, 6.45) is 3.49. The Morgan fingerprint density at radius 1 is 0.926 bits per heavy atom. The summed E-state index contributed by atoms with van der Waals surface area (Å²) < 4.78 is 0. The molecule has 3 aromatic rings. The Balaban J connectivity index is 1.43. The van der Waals surface area contributed by atoms with Crippen molar-refractivity contribution in [3.8, 4) is 0 Å². The summed E-state index contributed by atoms with van der Waals surface area (Å²) in [5, 5.41) is 11.7. The number of nitrogens with one attached hydrogen (secondary N) is 1. The maximum absolute atomic E-state index is 4.65. The number of benzene rings is 1. The molecule has 1 fully saturated rings. The van der Waals surface area contributed by atoms with Crippen molar-refractivity contribution in [2.45, 2.75) is 13.8 Å². The Morgan fingerprint density at radius 2 is 1.74 bits per heavy atom. The summed E-state index contributed by atoms with van der Waals surface area (Å²) >= 11 is 0. The van der Waals surface area contributed by atoms with Gasteiger partial charge in [0.15, 0.2) is 5.82 Å². The fraction of sp³-hybridized carbons (Fsp3) is 0.300. The average molecular weight is 361 g/mol. The second kappa shape index (κ2) is 7.57. The number of aromatic nitrogens is 4. The molecule has 27 heavy (non-hydrogen) atoms. The van der Waals surface area contributed by atoms with Gasteiger partial charge in [0.1, 0.15) is 5.82 Å². The molecule has 1 N–H and O–H groups in total.